The van der Waals surface area contributed by atoms with Crippen LogP contribution in [-0.4, -0.2) is 40.8 Å². The highest BCUT2D eigenvalue weighted by Gasteiger charge is 2.54. The molecule has 21 heavy (non-hydrogen) atoms. The standard InChI is InChI=1S/C13H12Cl2F3NO2/c14-9-3-1-2-8(10(9)15)11(20)19-6-4-12(21,5-7-19)13(16,17)18/h1-3,21H,4-7H2. The lowest BCUT2D eigenvalue weighted by atomic mass is 9.90. The number of alkyl halides is 3. The van der Waals surface area contributed by atoms with Crippen LogP contribution in [0.25, 0.3) is 0 Å². The van der Waals surface area contributed by atoms with Crippen molar-refractivity contribution in [2.75, 3.05) is 13.1 Å². The van der Waals surface area contributed by atoms with E-state index >= 15 is 0 Å². The third-order valence-corrected chi connectivity index (χ3v) is 4.41. The number of aliphatic hydroxyl groups is 1. The number of amides is 1. The van der Waals surface area contributed by atoms with Crippen molar-refractivity contribution in [3.8, 4) is 0 Å². The molecule has 0 aliphatic carbocycles. The Morgan fingerprint density at radius 3 is 2.33 bits per heavy atom. The van der Waals surface area contributed by atoms with Crippen molar-refractivity contribution in [3.63, 3.8) is 0 Å². The molecule has 1 N–H and O–H groups in total. The summed E-state index contributed by atoms with van der Waals surface area (Å²) in [6.07, 6.45) is -5.81. The van der Waals surface area contributed by atoms with Crippen LogP contribution < -0.4 is 0 Å². The quantitative estimate of drug-likeness (QED) is 0.848. The van der Waals surface area contributed by atoms with Gasteiger partial charge in [0.1, 0.15) is 0 Å². The van der Waals surface area contributed by atoms with Gasteiger partial charge in [0.25, 0.3) is 5.91 Å². The van der Waals surface area contributed by atoms with Crippen molar-refractivity contribution in [2.45, 2.75) is 24.6 Å². The van der Waals surface area contributed by atoms with Gasteiger partial charge in [-0.15, -0.1) is 0 Å². The highest BCUT2D eigenvalue weighted by atomic mass is 35.5. The summed E-state index contributed by atoms with van der Waals surface area (Å²) in [5, 5.41) is 9.84. The van der Waals surface area contributed by atoms with Gasteiger partial charge in [-0.3, -0.25) is 4.79 Å². The van der Waals surface area contributed by atoms with Gasteiger partial charge in [-0.05, 0) is 12.1 Å². The second-order valence-electron chi connectivity index (χ2n) is 4.92. The molecule has 0 aromatic heterocycles. The molecule has 0 atom stereocenters. The van der Waals surface area contributed by atoms with Gasteiger partial charge in [-0.2, -0.15) is 13.2 Å². The van der Waals surface area contributed by atoms with Crippen LogP contribution in [0.15, 0.2) is 18.2 Å². The number of carbonyl (C=O) groups excluding carboxylic acids is 1. The van der Waals surface area contributed by atoms with E-state index < -0.39 is 30.5 Å². The number of likely N-dealkylation sites (tertiary alicyclic amines) is 1. The molecule has 1 fully saturated rings. The number of hydrogen-bond acceptors (Lipinski definition) is 2. The summed E-state index contributed by atoms with van der Waals surface area (Å²) >= 11 is 11.7. The summed E-state index contributed by atoms with van der Waals surface area (Å²) in [5.74, 6) is -0.494. The van der Waals surface area contributed by atoms with E-state index in [1.54, 1.807) is 0 Å². The van der Waals surface area contributed by atoms with Crippen LogP contribution in [0.3, 0.4) is 0 Å². The first-order valence-electron chi connectivity index (χ1n) is 6.18. The van der Waals surface area contributed by atoms with E-state index in [-0.39, 0.29) is 28.7 Å². The van der Waals surface area contributed by atoms with Gasteiger partial charge in [0.2, 0.25) is 0 Å². The fourth-order valence-corrected chi connectivity index (χ4v) is 2.58. The first kappa shape index (κ1) is 16.4. The zero-order chi connectivity index (χ0) is 15.8. The molecule has 1 aliphatic rings. The molecule has 1 aliphatic heterocycles. The summed E-state index contributed by atoms with van der Waals surface area (Å²) in [6.45, 7) is -0.393. The molecule has 0 radical (unpaired) electrons. The number of benzene rings is 1. The zero-order valence-corrected chi connectivity index (χ0v) is 12.3. The monoisotopic (exact) mass is 341 g/mol. The molecule has 0 saturated carbocycles. The highest BCUT2D eigenvalue weighted by Crippen LogP contribution is 2.38. The maximum Gasteiger partial charge on any atom is 0.417 e. The summed E-state index contributed by atoms with van der Waals surface area (Å²) in [7, 11) is 0. The van der Waals surface area contributed by atoms with Crippen molar-refractivity contribution in [2.24, 2.45) is 0 Å². The molecule has 3 nitrogen and oxygen atoms in total. The van der Waals surface area contributed by atoms with Gasteiger partial charge in [-0.1, -0.05) is 29.3 Å². The molecule has 1 aromatic carbocycles. The summed E-state index contributed by atoms with van der Waals surface area (Å²) in [5.41, 5.74) is -2.59. The molecule has 1 saturated heterocycles. The van der Waals surface area contributed by atoms with Crippen molar-refractivity contribution >= 4 is 29.1 Å². The van der Waals surface area contributed by atoms with E-state index in [4.69, 9.17) is 23.2 Å². The van der Waals surface area contributed by atoms with Gasteiger partial charge in [0, 0.05) is 25.9 Å². The predicted octanol–water partition coefficient (Wildman–Crippen LogP) is 3.52. The molecule has 8 heteroatoms. The molecular weight excluding hydrogens is 330 g/mol. The Labute approximate surface area is 129 Å². The summed E-state index contributed by atoms with van der Waals surface area (Å²) < 4.78 is 38.1. The second-order valence-corrected chi connectivity index (χ2v) is 5.71. The SMILES string of the molecule is O=C(c1cccc(Cl)c1Cl)N1CCC(O)(C(F)(F)F)CC1. The van der Waals surface area contributed by atoms with Gasteiger partial charge < -0.3 is 10.0 Å². The Hall–Kier alpha value is -0.980. The largest absolute Gasteiger partial charge is 0.417 e. The number of nitrogens with zero attached hydrogens (tertiary/aromatic N) is 1. The molecule has 1 amide bonds. The maximum absolute atomic E-state index is 12.7. The molecule has 1 aromatic rings. The Balaban J connectivity index is 2.13. The van der Waals surface area contributed by atoms with Crippen LogP contribution >= 0.6 is 23.2 Å². The highest BCUT2D eigenvalue weighted by molar-refractivity contribution is 6.43. The topological polar surface area (TPSA) is 40.5 Å². The molecule has 1 heterocycles. The van der Waals surface area contributed by atoms with Crippen LogP contribution in [0.2, 0.25) is 10.0 Å². The number of piperidine rings is 1. The summed E-state index contributed by atoms with van der Waals surface area (Å²) in [4.78, 5) is 13.5. The molecule has 0 unspecified atom stereocenters. The Morgan fingerprint density at radius 1 is 1.24 bits per heavy atom. The van der Waals surface area contributed by atoms with E-state index in [1.807, 2.05) is 0 Å². The Morgan fingerprint density at radius 2 is 1.81 bits per heavy atom. The molecule has 0 spiro atoms. The fraction of sp³-hybridized carbons (Fsp3) is 0.462. The lowest BCUT2D eigenvalue weighted by Crippen LogP contribution is -2.54. The van der Waals surface area contributed by atoms with Crippen molar-refractivity contribution < 1.29 is 23.1 Å². The van der Waals surface area contributed by atoms with Crippen molar-refractivity contribution in [1.29, 1.82) is 0 Å². The lowest BCUT2D eigenvalue weighted by molar-refractivity contribution is -0.271. The normalized spacial score (nSPS) is 18.7. The third-order valence-electron chi connectivity index (χ3n) is 3.59. The van der Waals surface area contributed by atoms with Gasteiger partial charge in [-0.25, -0.2) is 0 Å². The smallest absolute Gasteiger partial charge is 0.380 e. The van der Waals surface area contributed by atoms with Crippen LogP contribution in [0.5, 0.6) is 0 Å². The molecule has 0 bridgehead atoms. The van der Waals surface area contributed by atoms with E-state index in [2.05, 4.69) is 0 Å². The second kappa shape index (κ2) is 5.66. The lowest BCUT2D eigenvalue weighted by Gasteiger charge is -2.39. The van der Waals surface area contributed by atoms with E-state index in [1.165, 1.54) is 23.1 Å². The van der Waals surface area contributed by atoms with Crippen molar-refractivity contribution in [3.05, 3.63) is 33.8 Å². The van der Waals surface area contributed by atoms with Crippen LogP contribution in [0.1, 0.15) is 23.2 Å². The van der Waals surface area contributed by atoms with Crippen LogP contribution in [-0.2, 0) is 0 Å². The van der Waals surface area contributed by atoms with Crippen LogP contribution in [0.4, 0.5) is 13.2 Å². The number of carbonyl (C=O) groups is 1. The van der Waals surface area contributed by atoms with E-state index in [0.717, 1.165) is 0 Å². The van der Waals surface area contributed by atoms with E-state index in [0.29, 0.717) is 0 Å². The first-order chi connectivity index (χ1) is 9.66. The first-order valence-corrected chi connectivity index (χ1v) is 6.94. The van der Waals surface area contributed by atoms with Gasteiger partial charge in [0.15, 0.2) is 5.60 Å². The maximum atomic E-state index is 12.7. The predicted molar refractivity (Wildman–Crippen MR) is 72.6 cm³/mol. The third kappa shape index (κ3) is 3.12. The minimum absolute atomic E-state index is 0.0702. The Bertz CT molecular complexity index is 555. The van der Waals surface area contributed by atoms with Crippen LogP contribution in [0, 0.1) is 0 Å². The molecule has 2 rings (SSSR count). The molecular formula is C13H12Cl2F3NO2. The number of halogens is 5. The fourth-order valence-electron chi connectivity index (χ4n) is 2.20. The average molecular weight is 342 g/mol. The van der Waals surface area contributed by atoms with Crippen molar-refractivity contribution in [1.82, 2.24) is 4.90 Å². The average Bonchev–Trinajstić information content (AvgIpc) is 2.41. The minimum atomic E-state index is -4.70. The minimum Gasteiger partial charge on any atom is -0.380 e. The van der Waals surface area contributed by atoms with Gasteiger partial charge >= 0.3 is 6.18 Å². The number of rotatable bonds is 1. The van der Waals surface area contributed by atoms with E-state index in [9.17, 15) is 23.1 Å². The Kier molecular flexibility index (Phi) is 4.42. The summed E-state index contributed by atoms with van der Waals surface area (Å²) in [6, 6.07) is 4.51. The number of hydrogen-bond donors (Lipinski definition) is 1. The zero-order valence-electron chi connectivity index (χ0n) is 10.8. The van der Waals surface area contributed by atoms with Gasteiger partial charge in [0.05, 0.1) is 15.6 Å². The molecule has 116 valence electrons.